The molecule has 0 fully saturated rings. The van der Waals surface area contributed by atoms with Crippen LogP contribution in [0.15, 0.2) is 0 Å². The smallest absolute Gasteiger partial charge is 0.264 e. The van der Waals surface area contributed by atoms with Gasteiger partial charge in [0.15, 0.2) is 0 Å². The molecule has 0 aliphatic heterocycles. The Bertz CT molecular complexity index is 175. The van der Waals surface area contributed by atoms with E-state index >= 15 is 0 Å². The van der Waals surface area contributed by atoms with E-state index in [0.717, 1.165) is 0 Å². The second-order valence-electron chi connectivity index (χ2n) is 2.44. The molecule has 0 aliphatic rings. The molecule has 0 rings (SSSR count). The van der Waals surface area contributed by atoms with Crippen LogP contribution in [0, 0.1) is 0 Å². The van der Waals surface area contributed by atoms with Gasteiger partial charge in [-0.2, -0.15) is 8.42 Å². The van der Waals surface area contributed by atoms with Gasteiger partial charge in [-0.3, -0.25) is 4.55 Å². The highest BCUT2D eigenvalue weighted by Crippen LogP contribution is 1.88. The van der Waals surface area contributed by atoms with Crippen molar-refractivity contribution in [2.75, 3.05) is 26.4 Å². The molecule has 0 aliphatic carbocycles. The predicted molar refractivity (Wildman–Crippen MR) is 43.2 cm³/mol. The third-order valence-corrected chi connectivity index (χ3v) is 1.81. The van der Waals surface area contributed by atoms with Crippen molar-refractivity contribution in [1.29, 1.82) is 0 Å². The molecule has 0 amide bonds. The quantitative estimate of drug-likeness (QED) is 0.569. The molecular formula is C5H15NO4S. The maximum absolute atomic E-state index is 10.1. The number of hydrogen-bond donors (Lipinski definition) is 1. The minimum Gasteiger partial charge on any atom is -0.412 e. The normalized spacial score (nSPS) is 11.3. The van der Waals surface area contributed by atoms with Crippen molar-refractivity contribution in [2.45, 2.75) is 6.42 Å². The first-order chi connectivity index (χ1) is 4.42. The van der Waals surface area contributed by atoms with Crippen LogP contribution in [0.5, 0.6) is 0 Å². The first kappa shape index (κ1) is 13.4. The van der Waals surface area contributed by atoms with E-state index in [2.05, 4.69) is 0 Å². The summed E-state index contributed by atoms with van der Waals surface area (Å²) in [7, 11) is -0.0441. The lowest BCUT2D eigenvalue weighted by Crippen LogP contribution is -2.16. The van der Waals surface area contributed by atoms with Crippen LogP contribution in [0.1, 0.15) is 6.42 Å². The van der Waals surface area contributed by atoms with Crippen LogP contribution in [0.2, 0.25) is 0 Å². The highest BCUT2D eigenvalue weighted by Gasteiger charge is 2.02. The van der Waals surface area contributed by atoms with Gasteiger partial charge in [0, 0.05) is 0 Å². The summed E-state index contributed by atoms with van der Waals surface area (Å²) in [4.78, 5) is 1.87. The van der Waals surface area contributed by atoms with Gasteiger partial charge in [0.05, 0.1) is 5.75 Å². The molecule has 0 saturated heterocycles. The van der Waals surface area contributed by atoms with E-state index in [1.54, 1.807) is 0 Å². The molecular weight excluding hydrogens is 170 g/mol. The molecule has 0 bridgehead atoms. The predicted octanol–water partition coefficient (Wildman–Crippen LogP) is -0.999. The molecule has 0 aromatic carbocycles. The first-order valence-corrected chi connectivity index (χ1v) is 4.62. The molecule has 3 N–H and O–H groups in total. The second kappa shape index (κ2) is 5.48. The molecule has 6 heteroatoms. The average Bonchev–Trinajstić information content (AvgIpc) is 1.59. The van der Waals surface area contributed by atoms with Crippen LogP contribution in [0.3, 0.4) is 0 Å². The minimum absolute atomic E-state index is 0. The Hall–Kier alpha value is -0.170. The molecule has 0 saturated carbocycles. The summed E-state index contributed by atoms with van der Waals surface area (Å²) < 4.78 is 28.6. The fourth-order valence-electron chi connectivity index (χ4n) is 0.563. The lowest BCUT2D eigenvalue weighted by molar-refractivity contribution is 0.404. The monoisotopic (exact) mass is 185 g/mol. The molecule has 70 valence electrons. The van der Waals surface area contributed by atoms with Crippen molar-refractivity contribution < 1.29 is 18.4 Å². The van der Waals surface area contributed by atoms with Gasteiger partial charge >= 0.3 is 0 Å². The Balaban J connectivity index is 0. The Labute approximate surface area is 67.1 Å². The molecule has 0 radical (unpaired) electrons. The summed E-state index contributed by atoms with van der Waals surface area (Å²) in [6.07, 6.45) is 0.478. The topological polar surface area (TPSA) is 89.1 Å². The summed E-state index contributed by atoms with van der Waals surface area (Å²) in [6.45, 7) is 0.680. The van der Waals surface area contributed by atoms with Gasteiger partial charge in [0.25, 0.3) is 10.1 Å². The van der Waals surface area contributed by atoms with Gasteiger partial charge in [-0.25, -0.2) is 0 Å². The SMILES string of the molecule is CN(C)CCCS(=O)(=O)O.O. The molecule has 0 spiro atoms. The highest BCUT2D eigenvalue weighted by atomic mass is 32.2. The summed E-state index contributed by atoms with van der Waals surface area (Å²) in [5.74, 6) is -0.148. The second-order valence-corrected chi connectivity index (χ2v) is 4.01. The summed E-state index contributed by atoms with van der Waals surface area (Å²) in [5, 5.41) is 0. The third-order valence-electron chi connectivity index (χ3n) is 1.01. The third kappa shape index (κ3) is 12.9. The zero-order valence-corrected chi connectivity index (χ0v) is 7.56. The lowest BCUT2D eigenvalue weighted by Gasteiger charge is -2.06. The van der Waals surface area contributed by atoms with Crippen LogP contribution in [0.25, 0.3) is 0 Å². The van der Waals surface area contributed by atoms with E-state index in [9.17, 15) is 8.42 Å². The highest BCUT2D eigenvalue weighted by molar-refractivity contribution is 7.85. The van der Waals surface area contributed by atoms with Crippen LogP contribution < -0.4 is 0 Å². The number of hydrogen-bond acceptors (Lipinski definition) is 3. The fourth-order valence-corrected chi connectivity index (χ4v) is 1.06. The van der Waals surface area contributed by atoms with Gasteiger partial charge < -0.3 is 10.4 Å². The van der Waals surface area contributed by atoms with Crippen molar-refractivity contribution >= 4 is 10.1 Å². The van der Waals surface area contributed by atoms with Crippen LogP contribution in [-0.4, -0.2) is 49.7 Å². The summed E-state index contributed by atoms with van der Waals surface area (Å²) >= 11 is 0. The van der Waals surface area contributed by atoms with Crippen molar-refractivity contribution in [3.8, 4) is 0 Å². The Morgan fingerprint density at radius 1 is 1.36 bits per heavy atom. The molecule has 11 heavy (non-hydrogen) atoms. The molecule has 0 aromatic heterocycles. The van der Waals surface area contributed by atoms with E-state index in [-0.39, 0.29) is 11.2 Å². The van der Waals surface area contributed by atoms with E-state index in [0.29, 0.717) is 13.0 Å². The first-order valence-electron chi connectivity index (χ1n) is 3.02. The van der Waals surface area contributed by atoms with E-state index < -0.39 is 10.1 Å². The van der Waals surface area contributed by atoms with E-state index in [4.69, 9.17) is 4.55 Å². The number of rotatable bonds is 4. The van der Waals surface area contributed by atoms with Gasteiger partial charge in [0.2, 0.25) is 0 Å². The number of nitrogens with zero attached hydrogens (tertiary/aromatic N) is 1. The van der Waals surface area contributed by atoms with Crippen LogP contribution in [0.4, 0.5) is 0 Å². The maximum atomic E-state index is 10.1. The Morgan fingerprint density at radius 2 is 1.82 bits per heavy atom. The lowest BCUT2D eigenvalue weighted by atomic mass is 10.5. The van der Waals surface area contributed by atoms with Gasteiger partial charge in [-0.1, -0.05) is 0 Å². The van der Waals surface area contributed by atoms with Crippen molar-refractivity contribution in [3.63, 3.8) is 0 Å². The summed E-state index contributed by atoms with van der Waals surface area (Å²) in [5.41, 5.74) is 0. The fraction of sp³-hybridized carbons (Fsp3) is 1.00. The van der Waals surface area contributed by atoms with Gasteiger partial charge in [-0.05, 0) is 27.1 Å². The zero-order valence-electron chi connectivity index (χ0n) is 6.74. The van der Waals surface area contributed by atoms with Crippen LogP contribution in [-0.2, 0) is 10.1 Å². The zero-order chi connectivity index (χ0) is 8.20. The van der Waals surface area contributed by atoms with Gasteiger partial charge in [0.1, 0.15) is 0 Å². The average molecular weight is 185 g/mol. The summed E-state index contributed by atoms with van der Waals surface area (Å²) in [6, 6.07) is 0. The molecule has 0 unspecified atom stereocenters. The minimum atomic E-state index is -3.75. The Kier molecular flexibility index (Phi) is 6.68. The standard InChI is InChI=1S/C5H13NO3S.H2O/c1-6(2)4-3-5-10(7,8)9;/h3-5H2,1-2H3,(H,7,8,9);1H2. The molecule has 0 aromatic rings. The van der Waals surface area contributed by atoms with E-state index in [1.165, 1.54) is 0 Å². The van der Waals surface area contributed by atoms with Gasteiger partial charge in [-0.15, -0.1) is 0 Å². The Morgan fingerprint density at radius 3 is 2.09 bits per heavy atom. The largest absolute Gasteiger partial charge is 0.412 e. The molecule has 5 nitrogen and oxygen atoms in total. The van der Waals surface area contributed by atoms with Crippen molar-refractivity contribution in [2.24, 2.45) is 0 Å². The van der Waals surface area contributed by atoms with E-state index in [1.807, 2.05) is 19.0 Å². The van der Waals surface area contributed by atoms with Crippen molar-refractivity contribution in [3.05, 3.63) is 0 Å². The van der Waals surface area contributed by atoms with Crippen molar-refractivity contribution in [1.82, 2.24) is 4.90 Å². The molecule has 0 atom stereocenters. The maximum Gasteiger partial charge on any atom is 0.264 e. The van der Waals surface area contributed by atoms with Crippen LogP contribution >= 0.6 is 0 Å². The molecule has 0 heterocycles.